The molecule has 2 aliphatic rings. The Balaban J connectivity index is 0.989. The van der Waals surface area contributed by atoms with Crippen LogP contribution in [0.15, 0.2) is 109 Å². The summed E-state index contributed by atoms with van der Waals surface area (Å²) < 4.78 is 0. The molecule has 8 rings (SSSR count). The molecule has 0 radical (unpaired) electrons. The molecule has 0 fully saturated rings. The number of aromatic nitrogens is 2. The van der Waals surface area contributed by atoms with E-state index >= 15 is 0 Å². The lowest BCUT2D eigenvalue weighted by Crippen LogP contribution is -2.42. The smallest absolute Gasteiger partial charge is 0.268 e. The van der Waals surface area contributed by atoms with Crippen molar-refractivity contribution in [3.8, 4) is 0 Å². The number of anilines is 2. The van der Waals surface area contributed by atoms with Crippen molar-refractivity contribution < 1.29 is 19.8 Å². The van der Waals surface area contributed by atoms with Crippen molar-refractivity contribution in [3.63, 3.8) is 0 Å². The summed E-state index contributed by atoms with van der Waals surface area (Å²) in [5.74, 6) is -0.721. The monoisotopic (exact) mass is 596 g/mol. The molecule has 0 saturated heterocycles. The van der Waals surface area contributed by atoms with Crippen molar-refractivity contribution in [1.82, 2.24) is 9.97 Å². The molecule has 4 aromatic carbocycles. The Kier molecular flexibility index (Phi) is 6.20. The van der Waals surface area contributed by atoms with Gasteiger partial charge in [0.05, 0.1) is 11.4 Å². The third-order valence-electron chi connectivity index (χ3n) is 9.50. The Labute approximate surface area is 259 Å². The normalized spacial score (nSPS) is 20.8. The first kappa shape index (κ1) is 27.4. The standard InChI is InChI=1S/C37H32N4O4/c42-34-36(44,28-22-38-30-16-6-2-12-24(28)30)26-14-4-8-18-32(26)40(34)20-10-1-11-21-41-33-19-9-5-15-27(33)37(45,35(41)43)29-23-39-31-17-7-3-13-25(29)31/h2-9,12-19,22-23,38-39,44-45H,1,10-11,20-21H2. The second-order valence-electron chi connectivity index (χ2n) is 11.9. The number of rotatable bonds is 8. The van der Waals surface area contributed by atoms with Crippen LogP contribution < -0.4 is 9.80 Å². The Morgan fingerprint density at radius 1 is 0.511 bits per heavy atom. The largest absolute Gasteiger partial charge is 0.372 e. The fourth-order valence-electron chi connectivity index (χ4n) is 7.29. The third-order valence-corrected chi connectivity index (χ3v) is 9.50. The highest BCUT2D eigenvalue weighted by atomic mass is 16.3. The van der Waals surface area contributed by atoms with Crippen LogP contribution in [-0.2, 0) is 20.8 Å². The van der Waals surface area contributed by atoms with Crippen molar-refractivity contribution in [2.24, 2.45) is 0 Å². The first-order valence-corrected chi connectivity index (χ1v) is 15.3. The molecule has 2 amide bonds. The average Bonchev–Trinajstić information content (AvgIpc) is 3.81. The molecule has 8 nitrogen and oxygen atoms in total. The van der Waals surface area contributed by atoms with E-state index < -0.39 is 11.2 Å². The highest BCUT2D eigenvalue weighted by Crippen LogP contribution is 2.48. The maximum Gasteiger partial charge on any atom is 0.268 e. The van der Waals surface area contributed by atoms with Gasteiger partial charge in [-0.05, 0) is 43.5 Å². The molecule has 6 aromatic rings. The lowest BCUT2D eigenvalue weighted by molar-refractivity contribution is -0.132. The van der Waals surface area contributed by atoms with Gasteiger partial charge >= 0.3 is 0 Å². The number of carbonyl (C=O) groups is 2. The molecule has 4 heterocycles. The van der Waals surface area contributed by atoms with Gasteiger partial charge in [0.25, 0.3) is 11.8 Å². The molecular weight excluding hydrogens is 564 g/mol. The van der Waals surface area contributed by atoms with Crippen molar-refractivity contribution in [2.75, 3.05) is 22.9 Å². The number of hydrogen-bond acceptors (Lipinski definition) is 4. The number of amides is 2. The zero-order chi connectivity index (χ0) is 30.8. The number of aliphatic hydroxyl groups is 2. The van der Waals surface area contributed by atoms with Crippen LogP contribution in [0.1, 0.15) is 41.5 Å². The van der Waals surface area contributed by atoms with Crippen LogP contribution in [0.2, 0.25) is 0 Å². The number of H-pyrrole nitrogens is 2. The van der Waals surface area contributed by atoms with Crippen molar-refractivity contribution >= 4 is 45.0 Å². The SMILES string of the molecule is O=C1N(CCCCCN2C(=O)C(O)(c3c[nH]c4ccccc34)c3ccccc32)c2ccccc2C1(O)c1c[nH]c2ccccc12. The number of nitrogens with one attached hydrogen (secondary N) is 2. The second kappa shape index (κ2) is 10.2. The molecular formula is C37H32N4O4. The summed E-state index contributed by atoms with van der Waals surface area (Å²) >= 11 is 0. The first-order chi connectivity index (χ1) is 21.9. The summed E-state index contributed by atoms with van der Waals surface area (Å²) in [5.41, 5.74) is 1.83. The molecule has 0 aliphatic carbocycles. The maximum atomic E-state index is 13.9. The van der Waals surface area contributed by atoms with E-state index in [9.17, 15) is 19.8 Å². The summed E-state index contributed by atoms with van der Waals surface area (Å²) in [6.45, 7) is 0.870. The zero-order valence-electron chi connectivity index (χ0n) is 24.5. The molecule has 0 bridgehead atoms. The molecule has 2 unspecified atom stereocenters. The molecule has 2 atom stereocenters. The molecule has 0 saturated carbocycles. The van der Waals surface area contributed by atoms with Crippen LogP contribution in [0.5, 0.6) is 0 Å². The van der Waals surface area contributed by atoms with E-state index in [0.717, 1.165) is 28.2 Å². The third kappa shape index (κ3) is 3.86. The van der Waals surface area contributed by atoms with Gasteiger partial charge in [-0.15, -0.1) is 0 Å². The lowest BCUT2D eigenvalue weighted by atomic mass is 9.87. The number of para-hydroxylation sites is 4. The van der Waals surface area contributed by atoms with Gasteiger partial charge in [0.15, 0.2) is 11.2 Å². The first-order valence-electron chi connectivity index (χ1n) is 15.3. The molecule has 2 aromatic heterocycles. The lowest BCUT2D eigenvalue weighted by Gasteiger charge is -2.24. The molecule has 4 N–H and O–H groups in total. The zero-order valence-corrected chi connectivity index (χ0v) is 24.5. The van der Waals surface area contributed by atoms with Gasteiger partial charge in [-0.1, -0.05) is 72.8 Å². The van der Waals surface area contributed by atoms with Gasteiger partial charge in [0.2, 0.25) is 0 Å². The number of benzene rings is 4. The minimum Gasteiger partial charge on any atom is -0.372 e. The minimum atomic E-state index is -1.78. The van der Waals surface area contributed by atoms with Crippen LogP contribution in [0.3, 0.4) is 0 Å². The van der Waals surface area contributed by atoms with Crippen molar-refractivity contribution in [1.29, 1.82) is 0 Å². The van der Waals surface area contributed by atoms with Gasteiger partial charge in [-0.2, -0.15) is 0 Å². The highest BCUT2D eigenvalue weighted by Gasteiger charge is 2.53. The van der Waals surface area contributed by atoms with Gasteiger partial charge in [0, 0.05) is 69.5 Å². The van der Waals surface area contributed by atoms with E-state index in [1.165, 1.54) is 0 Å². The van der Waals surface area contributed by atoms with Gasteiger partial charge in [-0.3, -0.25) is 9.59 Å². The Morgan fingerprint density at radius 3 is 1.38 bits per heavy atom. The summed E-state index contributed by atoms with van der Waals surface area (Å²) in [6, 6.07) is 30.2. The summed E-state index contributed by atoms with van der Waals surface area (Å²) in [4.78, 5) is 37.6. The number of unbranched alkanes of at least 4 members (excludes halogenated alkanes) is 2. The second-order valence-corrected chi connectivity index (χ2v) is 11.9. The predicted molar refractivity (Wildman–Crippen MR) is 174 cm³/mol. The van der Waals surface area contributed by atoms with Crippen LogP contribution in [0.4, 0.5) is 11.4 Å². The molecule has 45 heavy (non-hydrogen) atoms. The van der Waals surface area contributed by atoms with Crippen LogP contribution in [0, 0.1) is 0 Å². The number of hydrogen-bond donors (Lipinski definition) is 4. The van der Waals surface area contributed by atoms with E-state index in [2.05, 4.69) is 9.97 Å². The van der Waals surface area contributed by atoms with Gasteiger partial charge in [-0.25, -0.2) is 0 Å². The van der Waals surface area contributed by atoms with Gasteiger partial charge < -0.3 is 30.0 Å². The Bertz CT molecular complexity index is 1960. The summed E-state index contributed by atoms with van der Waals surface area (Å²) in [6.07, 6.45) is 5.56. The Hall–Kier alpha value is -5.18. The number of aromatic amines is 2. The van der Waals surface area contributed by atoms with Crippen molar-refractivity contribution in [2.45, 2.75) is 30.5 Å². The number of nitrogens with zero attached hydrogens (tertiary/aromatic N) is 2. The quantitative estimate of drug-likeness (QED) is 0.169. The van der Waals surface area contributed by atoms with E-state index in [-0.39, 0.29) is 11.8 Å². The molecule has 8 heteroatoms. The predicted octanol–water partition coefficient (Wildman–Crippen LogP) is 5.68. The van der Waals surface area contributed by atoms with Crippen LogP contribution >= 0.6 is 0 Å². The minimum absolute atomic E-state index is 0.360. The van der Waals surface area contributed by atoms with E-state index in [1.807, 2.05) is 97.1 Å². The van der Waals surface area contributed by atoms with Crippen LogP contribution in [0.25, 0.3) is 21.8 Å². The highest BCUT2D eigenvalue weighted by molar-refractivity contribution is 6.12. The van der Waals surface area contributed by atoms with Gasteiger partial charge in [0.1, 0.15) is 0 Å². The van der Waals surface area contributed by atoms with E-state index in [4.69, 9.17) is 0 Å². The number of carbonyl (C=O) groups excluding carboxylic acids is 2. The van der Waals surface area contributed by atoms with E-state index in [0.29, 0.717) is 59.6 Å². The topological polar surface area (TPSA) is 113 Å². The summed E-state index contributed by atoms with van der Waals surface area (Å²) in [5, 5.41) is 25.7. The van der Waals surface area contributed by atoms with Crippen molar-refractivity contribution in [3.05, 3.63) is 132 Å². The van der Waals surface area contributed by atoms with Crippen LogP contribution in [-0.4, -0.2) is 45.1 Å². The van der Waals surface area contributed by atoms with E-state index in [1.54, 1.807) is 22.2 Å². The summed E-state index contributed by atoms with van der Waals surface area (Å²) in [7, 11) is 0. The maximum absolute atomic E-state index is 13.9. The average molecular weight is 597 g/mol. The Morgan fingerprint density at radius 2 is 0.911 bits per heavy atom. The number of fused-ring (bicyclic) bond motifs is 4. The fourth-order valence-corrected chi connectivity index (χ4v) is 7.29. The fraction of sp³-hybridized carbons (Fsp3) is 0.189. The molecule has 224 valence electrons. The molecule has 2 aliphatic heterocycles. The molecule has 0 spiro atoms.